The molecule has 17 heavy (non-hydrogen) atoms. The number of hydrogen-bond acceptors (Lipinski definition) is 3. The average molecular weight is 244 g/mol. The Bertz CT molecular complexity index is 282. The summed E-state index contributed by atoms with van der Waals surface area (Å²) in [6.45, 7) is 3.47. The van der Waals surface area contributed by atoms with E-state index in [0.29, 0.717) is 12.8 Å². The lowest BCUT2D eigenvalue weighted by Gasteiger charge is -2.27. The number of hydrogen-bond donors (Lipinski definition) is 3. The van der Waals surface area contributed by atoms with Crippen LogP contribution in [0.5, 0.6) is 0 Å². The first-order valence-corrected chi connectivity index (χ1v) is 5.65. The summed E-state index contributed by atoms with van der Waals surface area (Å²) in [6, 6.07) is 0. The predicted octanol–water partition coefficient (Wildman–Crippen LogP) is 0.100. The lowest BCUT2D eigenvalue weighted by molar-refractivity contribution is -0.140. The van der Waals surface area contributed by atoms with E-state index in [9.17, 15) is 14.4 Å². The van der Waals surface area contributed by atoms with Crippen molar-refractivity contribution in [1.29, 1.82) is 0 Å². The third-order valence-electron chi connectivity index (χ3n) is 3.05. The van der Waals surface area contributed by atoms with Gasteiger partial charge in [0.1, 0.15) is 0 Å². The Hall–Kier alpha value is -1.59. The summed E-state index contributed by atoms with van der Waals surface area (Å²) in [6.07, 6.45) is 0.525. The number of aliphatic carboxylic acids is 1. The smallest absolute Gasteiger partial charge is 0.303 e. The number of carbonyl (C=O) groups excluding carboxylic acids is 2. The van der Waals surface area contributed by atoms with Crippen molar-refractivity contribution in [2.24, 2.45) is 29.2 Å². The molecule has 6 nitrogen and oxygen atoms in total. The van der Waals surface area contributed by atoms with Crippen LogP contribution in [0.4, 0.5) is 0 Å². The lowest BCUT2D eigenvalue weighted by Crippen LogP contribution is -2.40. The van der Waals surface area contributed by atoms with E-state index in [1.807, 2.05) is 0 Å². The molecule has 0 saturated carbocycles. The SMILES string of the molecule is CCC(C(N)=O)C(CC(=O)O)C(CC)C(N)=O. The number of rotatable bonds is 8. The number of primary amides is 2. The van der Waals surface area contributed by atoms with Crippen LogP contribution in [-0.4, -0.2) is 22.9 Å². The van der Waals surface area contributed by atoms with Gasteiger partial charge in [0.2, 0.25) is 11.8 Å². The Kier molecular flexibility index (Phi) is 6.23. The first-order valence-electron chi connectivity index (χ1n) is 5.65. The number of amides is 2. The van der Waals surface area contributed by atoms with Crippen molar-refractivity contribution in [2.45, 2.75) is 33.1 Å². The van der Waals surface area contributed by atoms with Crippen LogP contribution in [-0.2, 0) is 14.4 Å². The fourth-order valence-electron chi connectivity index (χ4n) is 2.20. The molecule has 0 saturated heterocycles. The zero-order chi connectivity index (χ0) is 13.6. The highest BCUT2D eigenvalue weighted by atomic mass is 16.4. The monoisotopic (exact) mass is 244 g/mol. The van der Waals surface area contributed by atoms with Crippen LogP contribution in [0.25, 0.3) is 0 Å². The van der Waals surface area contributed by atoms with E-state index in [1.165, 1.54) is 0 Å². The highest BCUT2D eigenvalue weighted by Crippen LogP contribution is 2.29. The molecule has 0 aromatic heterocycles. The van der Waals surface area contributed by atoms with Crippen molar-refractivity contribution in [1.82, 2.24) is 0 Å². The van der Waals surface area contributed by atoms with Gasteiger partial charge >= 0.3 is 5.97 Å². The third kappa shape index (κ3) is 4.42. The second kappa shape index (κ2) is 6.88. The van der Waals surface area contributed by atoms with Crippen LogP contribution in [0.2, 0.25) is 0 Å². The van der Waals surface area contributed by atoms with E-state index in [-0.39, 0.29) is 6.42 Å². The molecule has 0 heterocycles. The predicted molar refractivity (Wildman–Crippen MR) is 61.7 cm³/mol. The quantitative estimate of drug-likeness (QED) is 0.560. The molecule has 0 aliphatic carbocycles. The molecule has 5 N–H and O–H groups in total. The molecule has 2 amide bonds. The Morgan fingerprint density at radius 3 is 1.53 bits per heavy atom. The summed E-state index contributed by atoms with van der Waals surface area (Å²) in [5.41, 5.74) is 10.5. The zero-order valence-corrected chi connectivity index (χ0v) is 10.2. The Balaban J connectivity index is 5.14. The van der Waals surface area contributed by atoms with Gasteiger partial charge in [0.15, 0.2) is 0 Å². The summed E-state index contributed by atoms with van der Waals surface area (Å²) in [5.74, 6) is -4.13. The minimum absolute atomic E-state index is 0.275. The van der Waals surface area contributed by atoms with Gasteiger partial charge < -0.3 is 16.6 Å². The molecule has 0 spiro atoms. The van der Waals surface area contributed by atoms with Gasteiger partial charge in [-0.05, 0) is 18.8 Å². The standard InChI is InChI=1S/C11H20N2O4/c1-3-6(10(12)16)8(5-9(14)15)7(4-2)11(13)17/h6-8H,3-5H2,1-2H3,(H2,12,16)(H2,13,17)(H,14,15). The van der Waals surface area contributed by atoms with E-state index >= 15 is 0 Å². The summed E-state index contributed by atoms with van der Waals surface area (Å²) >= 11 is 0. The summed E-state index contributed by atoms with van der Waals surface area (Å²) < 4.78 is 0. The van der Waals surface area contributed by atoms with E-state index in [4.69, 9.17) is 16.6 Å². The molecule has 2 unspecified atom stereocenters. The van der Waals surface area contributed by atoms with Crippen molar-refractivity contribution >= 4 is 17.8 Å². The van der Waals surface area contributed by atoms with Crippen molar-refractivity contribution < 1.29 is 19.5 Å². The highest BCUT2D eigenvalue weighted by molar-refractivity contribution is 5.82. The third-order valence-corrected chi connectivity index (χ3v) is 3.05. The first-order chi connectivity index (χ1) is 7.84. The average Bonchev–Trinajstić information content (AvgIpc) is 2.17. The first kappa shape index (κ1) is 15.4. The van der Waals surface area contributed by atoms with Crippen LogP contribution in [0.3, 0.4) is 0 Å². The molecule has 0 aromatic carbocycles. The maximum Gasteiger partial charge on any atom is 0.303 e. The van der Waals surface area contributed by atoms with Gasteiger partial charge in [0.25, 0.3) is 0 Å². The number of carboxylic acids is 1. The Morgan fingerprint density at radius 1 is 1.00 bits per heavy atom. The van der Waals surface area contributed by atoms with E-state index in [0.717, 1.165) is 0 Å². The van der Waals surface area contributed by atoms with Gasteiger partial charge in [-0.1, -0.05) is 13.8 Å². The Labute approximate surface area is 100 Å². The van der Waals surface area contributed by atoms with Crippen molar-refractivity contribution in [2.75, 3.05) is 0 Å². The van der Waals surface area contributed by atoms with Crippen LogP contribution in [0, 0.1) is 17.8 Å². The van der Waals surface area contributed by atoms with Gasteiger partial charge in [-0.3, -0.25) is 14.4 Å². The van der Waals surface area contributed by atoms with Gasteiger partial charge in [0.05, 0.1) is 0 Å². The fraction of sp³-hybridized carbons (Fsp3) is 0.727. The summed E-state index contributed by atoms with van der Waals surface area (Å²) in [4.78, 5) is 33.3. The van der Waals surface area contributed by atoms with Gasteiger partial charge in [0, 0.05) is 18.3 Å². The van der Waals surface area contributed by atoms with Crippen molar-refractivity contribution in [3.05, 3.63) is 0 Å². The van der Waals surface area contributed by atoms with Crippen LogP contribution in [0.1, 0.15) is 33.1 Å². The molecule has 98 valence electrons. The van der Waals surface area contributed by atoms with Crippen LogP contribution in [0.15, 0.2) is 0 Å². The number of carboxylic acid groups (broad SMARTS) is 1. The molecule has 2 atom stereocenters. The fourth-order valence-corrected chi connectivity index (χ4v) is 2.20. The second-order valence-electron chi connectivity index (χ2n) is 4.10. The molecule has 0 rings (SSSR count). The summed E-state index contributed by atoms with van der Waals surface area (Å²) in [7, 11) is 0. The number of nitrogens with two attached hydrogens (primary N) is 2. The normalized spacial score (nSPS) is 15.9. The highest BCUT2D eigenvalue weighted by Gasteiger charge is 2.35. The van der Waals surface area contributed by atoms with Crippen LogP contribution < -0.4 is 11.5 Å². The molecule has 6 heteroatoms. The molecule has 0 aliphatic rings. The zero-order valence-electron chi connectivity index (χ0n) is 10.2. The second-order valence-corrected chi connectivity index (χ2v) is 4.10. The molecule has 0 aliphatic heterocycles. The van der Waals surface area contributed by atoms with Crippen molar-refractivity contribution in [3.63, 3.8) is 0 Å². The van der Waals surface area contributed by atoms with Gasteiger partial charge in [-0.2, -0.15) is 0 Å². The number of carbonyl (C=O) groups is 3. The van der Waals surface area contributed by atoms with E-state index in [1.54, 1.807) is 13.8 Å². The maximum atomic E-state index is 11.3. The van der Waals surface area contributed by atoms with E-state index in [2.05, 4.69) is 0 Å². The van der Waals surface area contributed by atoms with Crippen LogP contribution >= 0.6 is 0 Å². The minimum Gasteiger partial charge on any atom is -0.481 e. The summed E-state index contributed by atoms with van der Waals surface area (Å²) in [5, 5.41) is 8.83. The molecular formula is C11H20N2O4. The molecule has 0 bridgehead atoms. The molecule has 0 fully saturated rings. The topological polar surface area (TPSA) is 123 Å². The Morgan fingerprint density at radius 2 is 1.35 bits per heavy atom. The maximum absolute atomic E-state index is 11.3. The molecule has 0 aromatic rings. The lowest BCUT2D eigenvalue weighted by atomic mass is 9.76. The van der Waals surface area contributed by atoms with E-state index < -0.39 is 35.5 Å². The van der Waals surface area contributed by atoms with Crippen molar-refractivity contribution in [3.8, 4) is 0 Å². The largest absolute Gasteiger partial charge is 0.481 e. The molecular weight excluding hydrogens is 224 g/mol. The van der Waals surface area contributed by atoms with Gasteiger partial charge in [-0.25, -0.2) is 0 Å². The van der Waals surface area contributed by atoms with Gasteiger partial charge in [-0.15, -0.1) is 0 Å². The molecule has 0 radical (unpaired) electrons. The minimum atomic E-state index is -1.06.